The molecule has 1 nitrogen and oxygen atoms in total. The van der Waals surface area contributed by atoms with Gasteiger partial charge >= 0.3 is 0 Å². The Hall–Kier alpha value is -0.630. The molecule has 0 atom stereocenters. The SMILES string of the molecule is O=C(CCC1CC1)c1cc2c(s1)CCCCC2. The minimum atomic E-state index is 0.398. The fourth-order valence-corrected chi connectivity index (χ4v) is 3.89. The van der Waals surface area contributed by atoms with Crippen molar-refractivity contribution in [1.82, 2.24) is 0 Å². The molecule has 0 aromatic carbocycles. The van der Waals surface area contributed by atoms with Crippen LogP contribution < -0.4 is 0 Å². The molecule has 0 saturated heterocycles. The summed E-state index contributed by atoms with van der Waals surface area (Å²) < 4.78 is 0. The van der Waals surface area contributed by atoms with Crippen LogP contribution in [0, 0.1) is 5.92 Å². The summed E-state index contributed by atoms with van der Waals surface area (Å²) in [6, 6.07) is 2.19. The summed E-state index contributed by atoms with van der Waals surface area (Å²) in [5.74, 6) is 1.27. The molecule has 1 fully saturated rings. The van der Waals surface area contributed by atoms with Gasteiger partial charge in [-0.05, 0) is 49.7 Å². The Kier molecular flexibility index (Phi) is 3.32. The molecular weight excluding hydrogens is 228 g/mol. The first kappa shape index (κ1) is 11.5. The van der Waals surface area contributed by atoms with Crippen LogP contribution >= 0.6 is 11.3 Å². The highest BCUT2D eigenvalue weighted by atomic mass is 32.1. The van der Waals surface area contributed by atoms with Crippen molar-refractivity contribution in [3.63, 3.8) is 0 Å². The van der Waals surface area contributed by atoms with Crippen LogP contribution in [-0.2, 0) is 12.8 Å². The van der Waals surface area contributed by atoms with E-state index < -0.39 is 0 Å². The van der Waals surface area contributed by atoms with Crippen LogP contribution in [0.25, 0.3) is 0 Å². The van der Waals surface area contributed by atoms with E-state index in [0.717, 1.165) is 23.6 Å². The Morgan fingerprint density at radius 3 is 2.88 bits per heavy atom. The number of Topliss-reactive ketones (excluding diaryl/α,β-unsaturated/α-hetero) is 1. The van der Waals surface area contributed by atoms with Crippen molar-refractivity contribution in [1.29, 1.82) is 0 Å². The van der Waals surface area contributed by atoms with E-state index in [0.29, 0.717) is 5.78 Å². The Balaban J connectivity index is 1.67. The number of ketones is 1. The van der Waals surface area contributed by atoms with Gasteiger partial charge in [-0.1, -0.05) is 19.3 Å². The van der Waals surface area contributed by atoms with Gasteiger partial charge in [-0.15, -0.1) is 11.3 Å². The van der Waals surface area contributed by atoms with Gasteiger partial charge in [-0.25, -0.2) is 0 Å². The maximum atomic E-state index is 12.1. The standard InChI is InChI=1S/C15H20OS/c16-13(9-8-11-6-7-11)15-10-12-4-2-1-3-5-14(12)17-15/h10-11H,1-9H2. The normalized spacial score (nSPS) is 19.8. The third kappa shape index (κ3) is 2.79. The molecule has 1 heterocycles. The number of fused-ring (bicyclic) bond motifs is 1. The molecule has 0 unspecified atom stereocenters. The predicted octanol–water partition coefficient (Wildman–Crippen LogP) is 4.39. The maximum Gasteiger partial charge on any atom is 0.172 e. The quantitative estimate of drug-likeness (QED) is 0.570. The molecule has 92 valence electrons. The smallest absolute Gasteiger partial charge is 0.172 e. The number of carbonyl (C=O) groups is 1. The number of aryl methyl sites for hydroxylation is 2. The lowest BCUT2D eigenvalue weighted by molar-refractivity contribution is 0.0982. The molecule has 0 spiro atoms. The van der Waals surface area contributed by atoms with Crippen molar-refractivity contribution >= 4 is 17.1 Å². The summed E-state index contributed by atoms with van der Waals surface area (Å²) in [6.07, 6.45) is 11.0. The van der Waals surface area contributed by atoms with Gasteiger partial charge in [0.05, 0.1) is 4.88 Å². The summed E-state index contributed by atoms with van der Waals surface area (Å²) in [4.78, 5) is 14.6. The zero-order valence-corrected chi connectivity index (χ0v) is 11.2. The summed E-state index contributed by atoms with van der Waals surface area (Å²) in [6.45, 7) is 0. The molecule has 0 radical (unpaired) electrons. The minimum Gasteiger partial charge on any atom is -0.293 e. The molecule has 0 bridgehead atoms. The van der Waals surface area contributed by atoms with E-state index in [9.17, 15) is 4.79 Å². The highest BCUT2D eigenvalue weighted by molar-refractivity contribution is 7.14. The Morgan fingerprint density at radius 1 is 1.24 bits per heavy atom. The second-order valence-corrected chi connectivity index (χ2v) is 6.66. The zero-order chi connectivity index (χ0) is 11.7. The summed E-state index contributed by atoms with van der Waals surface area (Å²) in [5.41, 5.74) is 1.47. The lowest BCUT2D eigenvalue weighted by atomic mass is 10.1. The van der Waals surface area contributed by atoms with Crippen LogP contribution in [0.5, 0.6) is 0 Å². The molecule has 0 N–H and O–H groups in total. The largest absolute Gasteiger partial charge is 0.293 e. The summed E-state index contributed by atoms with van der Waals surface area (Å²) >= 11 is 1.78. The molecule has 2 aliphatic carbocycles. The molecule has 3 rings (SSSR count). The van der Waals surface area contributed by atoms with Gasteiger partial charge < -0.3 is 0 Å². The van der Waals surface area contributed by atoms with Crippen LogP contribution in [0.15, 0.2) is 6.07 Å². The second kappa shape index (κ2) is 4.93. The van der Waals surface area contributed by atoms with Crippen molar-refractivity contribution in [3.8, 4) is 0 Å². The monoisotopic (exact) mass is 248 g/mol. The van der Waals surface area contributed by atoms with Crippen LogP contribution in [0.1, 0.15) is 65.1 Å². The first-order valence-electron chi connectivity index (χ1n) is 6.98. The fraction of sp³-hybridized carbons (Fsp3) is 0.667. The molecule has 2 aliphatic rings. The average Bonchev–Trinajstić information content (AvgIpc) is 3.11. The third-order valence-corrected chi connectivity index (χ3v) is 5.28. The molecule has 1 aromatic heterocycles. The number of hydrogen-bond acceptors (Lipinski definition) is 2. The predicted molar refractivity (Wildman–Crippen MR) is 71.9 cm³/mol. The number of rotatable bonds is 4. The van der Waals surface area contributed by atoms with Gasteiger partial charge in [0.1, 0.15) is 0 Å². The molecule has 1 aromatic rings. The van der Waals surface area contributed by atoms with E-state index in [-0.39, 0.29) is 0 Å². The molecule has 17 heavy (non-hydrogen) atoms. The van der Waals surface area contributed by atoms with Crippen molar-refractivity contribution in [2.45, 2.75) is 57.8 Å². The van der Waals surface area contributed by atoms with Crippen LogP contribution in [0.4, 0.5) is 0 Å². The molecule has 0 aliphatic heterocycles. The van der Waals surface area contributed by atoms with Gasteiger partial charge in [0, 0.05) is 11.3 Å². The van der Waals surface area contributed by atoms with E-state index in [1.807, 2.05) is 0 Å². The minimum absolute atomic E-state index is 0.398. The summed E-state index contributed by atoms with van der Waals surface area (Å²) in [7, 11) is 0. The lowest BCUT2D eigenvalue weighted by Crippen LogP contribution is -1.96. The average molecular weight is 248 g/mol. The highest BCUT2D eigenvalue weighted by Gasteiger charge is 2.23. The van der Waals surface area contributed by atoms with Crippen molar-refractivity contribution in [3.05, 3.63) is 21.4 Å². The van der Waals surface area contributed by atoms with Gasteiger partial charge in [0.25, 0.3) is 0 Å². The summed E-state index contributed by atoms with van der Waals surface area (Å²) in [5, 5.41) is 0. The van der Waals surface area contributed by atoms with Crippen molar-refractivity contribution < 1.29 is 4.79 Å². The Morgan fingerprint density at radius 2 is 2.06 bits per heavy atom. The molecular formula is C15H20OS. The topological polar surface area (TPSA) is 17.1 Å². The van der Waals surface area contributed by atoms with Crippen molar-refractivity contribution in [2.24, 2.45) is 5.92 Å². The van der Waals surface area contributed by atoms with Crippen LogP contribution in [0.3, 0.4) is 0 Å². The van der Waals surface area contributed by atoms with E-state index in [1.54, 1.807) is 11.3 Å². The molecule has 1 saturated carbocycles. The number of carbonyl (C=O) groups excluding carboxylic acids is 1. The van der Waals surface area contributed by atoms with Crippen LogP contribution in [0.2, 0.25) is 0 Å². The van der Waals surface area contributed by atoms with E-state index >= 15 is 0 Å². The maximum absolute atomic E-state index is 12.1. The first-order valence-corrected chi connectivity index (χ1v) is 7.79. The second-order valence-electron chi connectivity index (χ2n) is 5.52. The van der Waals surface area contributed by atoms with Crippen LogP contribution in [-0.4, -0.2) is 5.78 Å². The highest BCUT2D eigenvalue weighted by Crippen LogP contribution is 2.35. The Bertz CT molecular complexity index is 391. The van der Waals surface area contributed by atoms with E-state index in [4.69, 9.17) is 0 Å². The first-order chi connectivity index (χ1) is 8.33. The molecule has 2 heteroatoms. The van der Waals surface area contributed by atoms with E-state index in [1.165, 1.54) is 55.4 Å². The van der Waals surface area contributed by atoms with Gasteiger partial charge in [-0.2, -0.15) is 0 Å². The lowest BCUT2D eigenvalue weighted by Gasteiger charge is -1.96. The fourth-order valence-electron chi connectivity index (χ4n) is 2.67. The number of hydrogen-bond donors (Lipinski definition) is 0. The molecule has 0 amide bonds. The third-order valence-electron chi connectivity index (χ3n) is 4.00. The van der Waals surface area contributed by atoms with E-state index in [2.05, 4.69) is 6.07 Å². The van der Waals surface area contributed by atoms with Gasteiger partial charge in [0.2, 0.25) is 0 Å². The number of thiophene rings is 1. The van der Waals surface area contributed by atoms with Gasteiger partial charge in [0.15, 0.2) is 5.78 Å². The van der Waals surface area contributed by atoms with Gasteiger partial charge in [-0.3, -0.25) is 4.79 Å². The van der Waals surface area contributed by atoms with Crippen molar-refractivity contribution in [2.75, 3.05) is 0 Å². The zero-order valence-electron chi connectivity index (χ0n) is 10.3. The Labute approximate surface area is 107 Å².